The maximum absolute atomic E-state index is 14.7. The number of benzene rings is 2. The van der Waals surface area contributed by atoms with Crippen LogP contribution in [0, 0.1) is 5.82 Å². The van der Waals surface area contributed by atoms with Gasteiger partial charge in [0, 0.05) is 41.8 Å². The molecule has 9 heteroatoms. The van der Waals surface area contributed by atoms with Crippen molar-refractivity contribution in [1.82, 2.24) is 19.7 Å². The van der Waals surface area contributed by atoms with Crippen LogP contribution >= 0.6 is 0 Å². The number of methoxy groups -OCH3 is 1. The lowest BCUT2D eigenvalue weighted by atomic mass is 10.0. The van der Waals surface area contributed by atoms with Crippen LogP contribution < -0.4 is 21.1 Å². The van der Waals surface area contributed by atoms with Crippen molar-refractivity contribution in [3.63, 3.8) is 0 Å². The minimum absolute atomic E-state index is 0.114. The zero-order valence-electron chi connectivity index (χ0n) is 19.1. The third kappa shape index (κ3) is 4.69. The number of amides is 1. The molecule has 0 aliphatic carbocycles. The Morgan fingerprint density at radius 2 is 2.06 bits per heavy atom. The maximum Gasteiger partial charge on any atom is 0.251 e. The largest absolute Gasteiger partial charge is 0.497 e. The molecule has 2 heterocycles. The number of imidazole rings is 1. The van der Waals surface area contributed by atoms with Crippen LogP contribution in [0.15, 0.2) is 55.0 Å². The molecule has 4 rings (SSSR count). The number of nitrogens with two attached hydrogens (primary N) is 1. The molecular formula is C25H27FN6O2. The summed E-state index contributed by atoms with van der Waals surface area (Å²) in [6.07, 6.45) is 6.40. The van der Waals surface area contributed by atoms with Crippen molar-refractivity contribution in [2.75, 3.05) is 25.5 Å². The summed E-state index contributed by atoms with van der Waals surface area (Å²) in [7, 11) is 1.50. The van der Waals surface area contributed by atoms with E-state index in [1.807, 2.05) is 19.1 Å². The van der Waals surface area contributed by atoms with E-state index >= 15 is 0 Å². The summed E-state index contributed by atoms with van der Waals surface area (Å²) in [6, 6.07) is 10.3. The smallest absolute Gasteiger partial charge is 0.251 e. The Morgan fingerprint density at radius 3 is 2.79 bits per heavy atom. The standard InChI is InChI=1S/C25H27FN6O2/c1-3-16-13-17(5-7-19(16)25(33)29-10-4-9-27)31-23-24-30-15-22(32(24)12-11-28-23)20-8-6-18(34-2)14-21(20)26/h5-8,11-15H,3-4,9-10,27H2,1-2H3,(H,28,31)(H,29,33). The molecule has 2 aromatic carbocycles. The van der Waals surface area contributed by atoms with Gasteiger partial charge in [0.15, 0.2) is 11.5 Å². The molecule has 4 N–H and O–H groups in total. The molecule has 2 aromatic heterocycles. The quantitative estimate of drug-likeness (QED) is 0.326. The summed E-state index contributed by atoms with van der Waals surface area (Å²) < 4.78 is 21.5. The Balaban J connectivity index is 1.62. The van der Waals surface area contributed by atoms with E-state index in [1.54, 1.807) is 41.2 Å². The van der Waals surface area contributed by atoms with Gasteiger partial charge in [-0.1, -0.05) is 6.92 Å². The number of rotatable bonds is 9. The minimum Gasteiger partial charge on any atom is -0.497 e. The molecule has 0 saturated carbocycles. The molecule has 0 bridgehead atoms. The number of nitrogens with zero attached hydrogens (tertiary/aromatic N) is 3. The summed E-state index contributed by atoms with van der Waals surface area (Å²) in [5, 5.41) is 6.18. The highest BCUT2D eigenvalue weighted by atomic mass is 19.1. The van der Waals surface area contributed by atoms with Crippen LogP contribution in [0.25, 0.3) is 16.9 Å². The molecule has 0 fully saturated rings. The first kappa shape index (κ1) is 23.2. The number of hydrogen-bond acceptors (Lipinski definition) is 6. The Labute approximate surface area is 197 Å². The summed E-state index contributed by atoms with van der Waals surface area (Å²) >= 11 is 0. The third-order valence-corrected chi connectivity index (χ3v) is 5.54. The van der Waals surface area contributed by atoms with Crippen LogP contribution in [0.1, 0.15) is 29.3 Å². The molecule has 0 spiro atoms. The highest BCUT2D eigenvalue weighted by molar-refractivity contribution is 5.96. The molecule has 0 unspecified atom stereocenters. The number of carbonyl (C=O) groups excluding carboxylic acids is 1. The Morgan fingerprint density at radius 1 is 1.21 bits per heavy atom. The van der Waals surface area contributed by atoms with Crippen molar-refractivity contribution >= 4 is 23.1 Å². The summed E-state index contributed by atoms with van der Waals surface area (Å²) in [5.41, 5.74) is 9.37. The van der Waals surface area contributed by atoms with Crippen molar-refractivity contribution in [2.24, 2.45) is 5.73 Å². The highest BCUT2D eigenvalue weighted by Gasteiger charge is 2.15. The lowest BCUT2D eigenvalue weighted by molar-refractivity contribution is 0.0952. The predicted octanol–water partition coefficient (Wildman–Crippen LogP) is 3.93. The number of aryl methyl sites for hydroxylation is 1. The minimum atomic E-state index is -0.402. The molecule has 176 valence electrons. The van der Waals surface area contributed by atoms with Gasteiger partial charge in [-0.05, 0) is 55.3 Å². The van der Waals surface area contributed by atoms with E-state index in [9.17, 15) is 9.18 Å². The molecule has 0 radical (unpaired) electrons. The molecule has 1 amide bonds. The van der Waals surface area contributed by atoms with Gasteiger partial charge in [-0.15, -0.1) is 0 Å². The second-order valence-electron chi connectivity index (χ2n) is 7.71. The fourth-order valence-electron chi connectivity index (χ4n) is 3.76. The number of halogens is 1. The topological polar surface area (TPSA) is 107 Å². The van der Waals surface area contributed by atoms with Crippen LogP contribution in [-0.4, -0.2) is 40.5 Å². The number of nitrogens with one attached hydrogen (secondary N) is 2. The molecule has 0 atom stereocenters. The number of hydrogen-bond donors (Lipinski definition) is 3. The highest BCUT2D eigenvalue weighted by Crippen LogP contribution is 2.29. The third-order valence-electron chi connectivity index (χ3n) is 5.54. The van der Waals surface area contributed by atoms with Gasteiger partial charge in [-0.25, -0.2) is 14.4 Å². The number of ether oxygens (including phenoxy) is 1. The van der Waals surface area contributed by atoms with E-state index < -0.39 is 5.82 Å². The van der Waals surface area contributed by atoms with E-state index in [-0.39, 0.29) is 5.91 Å². The van der Waals surface area contributed by atoms with E-state index in [0.29, 0.717) is 53.5 Å². The maximum atomic E-state index is 14.7. The monoisotopic (exact) mass is 462 g/mol. The molecule has 0 aliphatic rings. The average molecular weight is 463 g/mol. The number of anilines is 2. The van der Waals surface area contributed by atoms with Crippen LogP contribution in [-0.2, 0) is 6.42 Å². The number of carbonyl (C=O) groups is 1. The fraction of sp³-hybridized carbons (Fsp3) is 0.240. The van der Waals surface area contributed by atoms with Crippen LogP contribution in [0.5, 0.6) is 5.75 Å². The summed E-state index contributed by atoms with van der Waals surface area (Å²) in [6.45, 7) is 3.07. The van der Waals surface area contributed by atoms with Crippen LogP contribution in [0.4, 0.5) is 15.9 Å². The predicted molar refractivity (Wildman–Crippen MR) is 130 cm³/mol. The average Bonchev–Trinajstić information content (AvgIpc) is 3.28. The van der Waals surface area contributed by atoms with Crippen molar-refractivity contribution in [1.29, 1.82) is 0 Å². The first-order valence-corrected chi connectivity index (χ1v) is 11.1. The van der Waals surface area contributed by atoms with Crippen molar-refractivity contribution in [2.45, 2.75) is 19.8 Å². The van der Waals surface area contributed by atoms with Crippen molar-refractivity contribution in [3.05, 3.63) is 71.9 Å². The van der Waals surface area contributed by atoms with E-state index in [4.69, 9.17) is 10.5 Å². The van der Waals surface area contributed by atoms with Gasteiger partial charge in [0.25, 0.3) is 5.91 Å². The SMILES string of the molecule is CCc1cc(Nc2nccn3c(-c4ccc(OC)cc4F)cnc23)ccc1C(=O)NCCCN. The zero-order chi connectivity index (χ0) is 24.1. The van der Waals surface area contributed by atoms with Gasteiger partial charge in [0.05, 0.1) is 19.0 Å². The van der Waals surface area contributed by atoms with Gasteiger partial charge in [-0.3, -0.25) is 9.20 Å². The Kier molecular flexibility index (Phi) is 7.03. The Hall–Kier alpha value is -3.98. The molecule has 0 saturated heterocycles. The molecule has 8 nitrogen and oxygen atoms in total. The van der Waals surface area contributed by atoms with E-state index in [1.165, 1.54) is 13.2 Å². The summed E-state index contributed by atoms with van der Waals surface area (Å²) in [5.74, 6) is 0.448. The Bertz CT molecular complexity index is 1320. The number of fused-ring (bicyclic) bond motifs is 1. The summed E-state index contributed by atoms with van der Waals surface area (Å²) in [4.78, 5) is 21.4. The molecule has 4 aromatic rings. The lowest BCUT2D eigenvalue weighted by Gasteiger charge is -2.13. The van der Waals surface area contributed by atoms with Crippen LogP contribution in [0.3, 0.4) is 0 Å². The fourth-order valence-corrected chi connectivity index (χ4v) is 3.76. The normalized spacial score (nSPS) is 10.9. The first-order chi connectivity index (χ1) is 16.5. The van der Waals surface area contributed by atoms with Crippen molar-refractivity contribution in [3.8, 4) is 17.0 Å². The van der Waals surface area contributed by atoms with E-state index in [2.05, 4.69) is 20.6 Å². The van der Waals surface area contributed by atoms with Gasteiger partial charge >= 0.3 is 0 Å². The molecule has 0 aliphatic heterocycles. The van der Waals surface area contributed by atoms with Gasteiger partial charge in [-0.2, -0.15) is 0 Å². The number of aromatic nitrogens is 3. The molecule has 34 heavy (non-hydrogen) atoms. The second-order valence-corrected chi connectivity index (χ2v) is 7.71. The van der Waals surface area contributed by atoms with Crippen LogP contribution in [0.2, 0.25) is 0 Å². The van der Waals surface area contributed by atoms with E-state index in [0.717, 1.165) is 17.7 Å². The van der Waals surface area contributed by atoms with Gasteiger partial charge in [0.1, 0.15) is 11.6 Å². The second kappa shape index (κ2) is 10.3. The molecular weight excluding hydrogens is 435 g/mol. The van der Waals surface area contributed by atoms with Gasteiger partial charge < -0.3 is 21.1 Å². The first-order valence-electron chi connectivity index (χ1n) is 11.1. The lowest BCUT2D eigenvalue weighted by Crippen LogP contribution is -2.26. The van der Waals surface area contributed by atoms with Crippen molar-refractivity contribution < 1.29 is 13.9 Å². The van der Waals surface area contributed by atoms with Gasteiger partial charge in [0.2, 0.25) is 0 Å². The zero-order valence-corrected chi connectivity index (χ0v) is 19.1.